The zero-order valence-electron chi connectivity index (χ0n) is 14.6. The molecule has 0 aliphatic heterocycles. The summed E-state index contributed by atoms with van der Waals surface area (Å²) in [6.45, 7) is 11.3. The molecule has 6 heteroatoms. The third kappa shape index (κ3) is 10.8. The van der Waals surface area contributed by atoms with Crippen LogP contribution < -0.4 is 10.6 Å². The molecule has 0 radical (unpaired) electrons. The van der Waals surface area contributed by atoms with Gasteiger partial charge < -0.3 is 24.5 Å². The lowest BCUT2D eigenvalue weighted by atomic mass is 10.2. The number of hydrogen-bond acceptors (Lipinski definition) is 4. The third-order valence-corrected chi connectivity index (χ3v) is 2.88. The smallest absolute Gasteiger partial charge is 0.191 e. The fourth-order valence-corrected chi connectivity index (χ4v) is 1.83. The van der Waals surface area contributed by atoms with Crippen molar-refractivity contribution in [1.29, 1.82) is 0 Å². The first-order valence-corrected chi connectivity index (χ1v) is 8.42. The second-order valence-electron chi connectivity index (χ2n) is 5.64. The van der Waals surface area contributed by atoms with Crippen molar-refractivity contribution in [2.24, 2.45) is 10.9 Å². The highest BCUT2D eigenvalue weighted by Gasteiger charge is 1.98. The Bertz CT molecular complexity index is 405. The Balaban J connectivity index is 2.08. The number of hydrogen-bond donors (Lipinski definition) is 2. The molecule has 1 rings (SSSR count). The molecule has 0 unspecified atom stereocenters. The van der Waals surface area contributed by atoms with Gasteiger partial charge in [0.15, 0.2) is 5.96 Å². The summed E-state index contributed by atoms with van der Waals surface area (Å²) in [6, 6.07) is 3.77. The Morgan fingerprint density at radius 1 is 1.26 bits per heavy atom. The lowest BCUT2D eigenvalue weighted by Gasteiger charge is -2.12. The zero-order valence-corrected chi connectivity index (χ0v) is 14.6. The Morgan fingerprint density at radius 2 is 2.13 bits per heavy atom. The summed E-state index contributed by atoms with van der Waals surface area (Å²) >= 11 is 0. The van der Waals surface area contributed by atoms with Gasteiger partial charge in [-0.2, -0.15) is 0 Å². The molecule has 0 saturated heterocycles. The van der Waals surface area contributed by atoms with E-state index in [1.807, 2.05) is 12.1 Å². The van der Waals surface area contributed by atoms with Crippen LogP contribution in [0.4, 0.5) is 0 Å². The summed E-state index contributed by atoms with van der Waals surface area (Å²) in [7, 11) is 0. The Kier molecular flexibility index (Phi) is 11.0. The van der Waals surface area contributed by atoms with Gasteiger partial charge in [-0.05, 0) is 31.4 Å². The van der Waals surface area contributed by atoms with Gasteiger partial charge in [0.05, 0.1) is 12.9 Å². The van der Waals surface area contributed by atoms with Crippen molar-refractivity contribution >= 4 is 5.96 Å². The molecule has 1 aromatic heterocycles. The van der Waals surface area contributed by atoms with E-state index in [1.54, 1.807) is 6.26 Å². The van der Waals surface area contributed by atoms with E-state index >= 15 is 0 Å². The van der Waals surface area contributed by atoms with E-state index in [9.17, 15) is 0 Å². The van der Waals surface area contributed by atoms with Gasteiger partial charge in [-0.25, -0.2) is 0 Å². The van der Waals surface area contributed by atoms with Crippen molar-refractivity contribution in [1.82, 2.24) is 10.6 Å². The van der Waals surface area contributed by atoms with E-state index in [-0.39, 0.29) is 0 Å². The highest BCUT2D eigenvalue weighted by atomic mass is 16.5. The monoisotopic (exact) mass is 325 g/mol. The highest BCUT2D eigenvalue weighted by Crippen LogP contribution is 2.01. The van der Waals surface area contributed by atoms with E-state index in [4.69, 9.17) is 13.9 Å². The number of rotatable bonds is 12. The maximum Gasteiger partial charge on any atom is 0.191 e. The van der Waals surface area contributed by atoms with E-state index in [1.165, 1.54) is 0 Å². The number of aliphatic imine (C=N–C) groups is 1. The molecular formula is C17H31N3O3. The maximum atomic E-state index is 5.54. The van der Waals surface area contributed by atoms with Crippen LogP contribution in [0.3, 0.4) is 0 Å². The van der Waals surface area contributed by atoms with E-state index in [0.717, 1.165) is 44.4 Å². The van der Waals surface area contributed by atoms with Crippen LogP contribution in [-0.2, 0) is 16.1 Å². The van der Waals surface area contributed by atoms with Crippen molar-refractivity contribution in [3.05, 3.63) is 24.2 Å². The molecule has 1 aromatic rings. The zero-order chi connectivity index (χ0) is 16.8. The molecule has 0 amide bonds. The Hall–Kier alpha value is -1.53. The van der Waals surface area contributed by atoms with E-state index in [0.29, 0.717) is 25.7 Å². The minimum atomic E-state index is 0.516. The first kappa shape index (κ1) is 19.5. The number of guanidine groups is 1. The molecule has 0 aliphatic carbocycles. The number of ether oxygens (including phenoxy) is 2. The van der Waals surface area contributed by atoms with Gasteiger partial charge in [0.2, 0.25) is 0 Å². The molecule has 23 heavy (non-hydrogen) atoms. The minimum absolute atomic E-state index is 0.516. The van der Waals surface area contributed by atoms with Crippen LogP contribution in [0, 0.1) is 5.92 Å². The van der Waals surface area contributed by atoms with Crippen molar-refractivity contribution in [3.8, 4) is 0 Å². The SMILES string of the molecule is CCNC(=NCCCOCc1ccco1)NCCOCC(C)C. The van der Waals surface area contributed by atoms with Gasteiger partial charge in [-0.1, -0.05) is 13.8 Å². The lowest BCUT2D eigenvalue weighted by molar-refractivity contribution is 0.105. The molecule has 1 heterocycles. The summed E-state index contributed by atoms with van der Waals surface area (Å²) in [5, 5.41) is 6.49. The van der Waals surface area contributed by atoms with Crippen molar-refractivity contribution in [3.63, 3.8) is 0 Å². The van der Waals surface area contributed by atoms with Gasteiger partial charge in [-0.15, -0.1) is 0 Å². The molecular weight excluding hydrogens is 294 g/mol. The van der Waals surface area contributed by atoms with Crippen molar-refractivity contribution < 1.29 is 13.9 Å². The first-order chi connectivity index (χ1) is 11.2. The molecule has 2 N–H and O–H groups in total. The summed E-state index contributed by atoms with van der Waals surface area (Å²) in [4.78, 5) is 4.52. The van der Waals surface area contributed by atoms with Crippen LogP contribution >= 0.6 is 0 Å². The topological polar surface area (TPSA) is 68.0 Å². The maximum absolute atomic E-state index is 5.54. The standard InChI is InChI=1S/C17H31N3O3/c1-4-18-17(20-9-12-22-13-15(2)3)19-8-6-10-21-14-16-7-5-11-23-16/h5,7,11,15H,4,6,8-10,12-14H2,1-3H3,(H2,18,19,20). The fraction of sp³-hybridized carbons (Fsp3) is 0.706. The van der Waals surface area contributed by atoms with E-state index in [2.05, 4.69) is 36.4 Å². The summed E-state index contributed by atoms with van der Waals surface area (Å²) in [5.74, 6) is 2.25. The van der Waals surface area contributed by atoms with Gasteiger partial charge in [0.25, 0.3) is 0 Å². The van der Waals surface area contributed by atoms with E-state index < -0.39 is 0 Å². The molecule has 0 aliphatic rings. The van der Waals surface area contributed by atoms with Crippen molar-refractivity contribution in [2.75, 3.05) is 39.5 Å². The molecule has 6 nitrogen and oxygen atoms in total. The molecule has 0 bridgehead atoms. The van der Waals surface area contributed by atoms with Crippen molar-refractivity contribution in [2.45, 2.75) is 33.8 Å². The third-order valence-electron chi connectivity index (χ3n) is 2.88. The molecule has 0 atom stereocenters. The molecule has 132 valence electrons. The van der Waals surface area contributed by atoms with Gasteiger partial charge in [0, 0.05) is 32.8 Å². The predicted octanol–water partition coefficient (Wildman–Crippen LogP) is 2.41. The largest absolute Gasteiger partial charge is 0.467 e. The van der Waals surface area contributed by atoms with Crippen LogP contribution in [0.25, 0.3) is 0 Å². The highest BCUT2D eigenvalue weighted by molar-refractivity contribution is 5.79. The van der Waals surface area contributed by atoms with Crippen LogP contribution in [0.15, 0.2) is 27.8 Å². The fourth-order valence-electron chi connectivity index (χ4n) is 1.83. The second kappa shape index (κ2) is 13.0. The molecule has 0 saturated carbocycles. The average Bonchev–Trinajstić information content (AvgIpc) is 3.03. The summed E-state index contributed by atoms with van der Waals surface area (Å²) in [5.41, 5.74) is 0. The van der Waals surface area contributed by atoms with Gasteiger partial charge in [-0.3, -0.25) is 4.99 Å². The number of nitrogens with zero attached hydrogens (tertiary/aromatic N) is 1. The van der Waals surface area contributed by atoms with Gasteiger partial charge >= 0.3 is 0 Å². The van der Waals surface area contributed by atoms with Gasteiger partial charge in [0.1, 0.15) is 12.4 Å². The normalized spacial score (nSPS) is 11.9. The number of nitrogens with one attached hydrogen (secondary N) is 2. The average molecular weight is 325 g/mol. The summed E-state index contributed by atoms with van der Waals surface area (Å²) in [6.07, 6.45) is 2.53. The second-order valence-corrected chi connectivity index (χ2v) is 5.64. The Morgan fingerprint density at radius 3 is 2.83 bits per heavy atom. The van der Waals surface area contributed by atoms with Crippen LogP contribution in [-0.4, -0.2) is 45.4 Å². The summed E-state index contributed by atoms with van der Waals surface area (Å²) < 4.78 is 16.3. The molecule has 0 fully saturated rings. The first-order valence-electron chi connectivity index (χ1n) is 8.42. The number of furan rings is 1. The quantitative estimate of drug-likeness (QED) is 0.351. The molecule has 0 spiro atoms. The predicted molar refractivity (Wildman–Crippen MR) is 92.6 cm³/mol. The minimum Gasteiger partial charge on any atom is -0.467 e. The van der Waals surface area contributed by atoms with Crippen LogP contribution in [0.5, 0.6) is 0 Å². The Labute approximate surface area is 139 Å². The van der Waals surface area contributed by atoms with Crippen LogP contribution in [0.1, 0.15) is 33.0 Å². The lowest BCUT2D eigenvalue weighted by Crippen LogP contribution is -2.39. The molecule has 0 aromatic carbocycles. The van der Waals surface area contributed by atoms with Crippen LogP contribution in [0.2, 0.25) is 0 Å².